The van der Waals surface area contributed by atoms with E-state index in [2.05, 4.69) is 27.4 Å². The van der Waals surface area contributed by atoms with Crippen LogP contribution in [0.5, 0.6) is 0 Å². The Morgan fingerprint density at radius 3 is 2.92 bits per heavy atom. The van der Waals surface area contributed by atoms with E-state index in [0.29, 0.717) is 12.2 Å². The molecule has 1 amide bonds. The predicted octanol–water partition coefficient (Wildman–Crippen LogP) is 2.91. The molecular weight excluding hydrogens is 320 g/mol. The summed E-state index contributed by atoms with van der Waals surface area (Å²) >= 11 is 0. The highest BCUT2D eigenvalue weighted by molar-refractivity contribution is 6.01. The van der Waals surface area contributed by atoms with Gasteiger partial charge in [0.05, 0.1) is 11.5 Å². The molecule has 3 rings (SSSR count). The molecule has 0 spiro atoms. The normalized spacial score (nSPS) is 17.6. The van der Waals surface area contributed by atoms with Gasteiger partial charge in [-0.3, -0.25) is 24.8 Å². The van der Waals surface area contributed by atoms with Gasteiger partial charge in [0.2, 0.25) is 5.91 Å². The van der Waals surface area contributed by atoms with Crippen molar-refractivity contribution >= 4 is 23.0 Å². The third-order valence-corrected chi connectivity index (χ3v) is 4.26. The summed E-state index contributed by atoms with van der Waals surface area (Å²) in [5, 5.41) is 13.5. The minimum absolute atomic E-state index is 0.0364. The fourth-order valence-corrected chi connectivity index (χ4v) is 2.96. The van der Waals surface area contributed by atoms with Crippen LogP contribution in [0.3, 0.4) is 0 Å². The van der Waals surface area contributed by atoms with Gasteiger partial charge in [-0.1, -0.05) is 18.2 Å². The van der Waals surface area contributed by atoms with Crippen molar-refractivity contribution in [2.24, 2.45) is 4.99 Å². The molecule has 2 aliphatic rings. The van der Waals surface area contributed by atoms with Gasteiger partial charge in [-0.2, -0.15) is 0 Å². The number of nitro benzene ring substituents is 1. The molecule has 0 atom stereocenters. The Morgan fingerprint density at radius 2 is 2.24 bits per heavy atom. The van der Waals surface area contributed by atoms with Crippen molar-refractivity contribution in [2.75, 3.05) is 25.0 Å². The Labute approximate surface area is 145 Å². The first-order chi connectivity index (χ1) is 12.1. The molecule has 0 unspecified atom stereocenters. The molecule has 25 heavy (non-hydrogen) atoms. The first kappa shape index (κ1) is 17.0. The van der Waals surface area contributed by atoms with E-state index >= 15 is 0 Å². The fourth-order valence-electron chi connectivity index (χ4n) is 2.96. The summed E-state index contributed by atoms with van der Waals surface area (Å²) in [6, 6.07) is 5.97. The Bertz CT molecular complexity index is 767. The molecule has 2 aliphatic heterocycles. The van der Waals surface area contributed by atoms with Crippen LogP contribution in [0.15, 0.2) is 53.2 Å². The van der Waals surface area contributed by atoms with Crippen LogP contribution in [0.1, 0.15) is 19.3 Å². The van der Waals surface area contributed by atoms with Crippen molar-refractivity contribution in [3.8, 4) is 0 Å². The highest BCUT2D eigenvalue weighted by atomic mass is 16.6. The third-order valence-electron chi connectivity index (χ3n) is 4.26. The van der Waals surface area contributed by atoms with E-state index in [4.69, 9.17) is 0 Å². The Kier molecular flexibility index (Phi) is 5.35. The van der Waals surface area contributed by atoms with E-state index in [9.17, 15) is 14.9 Å². The Balaban J connectivity index is 1.53. The molecule has 7 nitrogen and oxygen atoms in total. The Morgan fingerprint density at radius 1 is 1.36 bits per heavy atom. The summed E-state index contributed by atoms with van der Waals surface area (Å²) in [4.78, 5) is 29.0. The molecule has 7 heteroatoms. The second-order valence-corrected chi connectivity index (χ2v) is 6.07. The molecule has 0 fully saturated rings. The van der Waals surface area contributed by atoms with Gasteiger partial charge in [0.1, 0.15) is 0 Å². The maximum absolute atomic E-state index is 12.2. The van der Waals surface area contributed by atoms with Crippen molar-refractivity contribution < 1.29 is 9.72 Å². The van der Waals surface area contributed by atoms with Gasteiger partial charge in [-0.25, -0.2) is 0 Å². The van der Waals surface area contributed by atoms with Crippen LogP contribution >= 0.6 is 0 Å². The smallest absolute Gasteiger partial charge is 0.271 e. The summed E-state index contributed by atoms with van der Waals surface area (Å²) in [5.41, 5.74) is 2.84. The first-order valence-electron chi connectivity index (χ1n) is 8.29. The van der Waals surface area contributed by atoms with E-state index in [1.165, 1.54) is 17.7 Å². The van der Waals surface area contributed by atoms with Gasteiger partial charge in [-0.05, 0) is 30.9 Å². The topological polar surface area (TPSA) is 87.8 Å². The number of nitrogens with zero attached hydrogens (tertiary/aromatic N) is 3. The monoisotopic (exact) mass is 340 g/mol. The van der Waals surface area contributed by atoms with E-state index in [1.807, 2.05) is 6.20 Å². The van der Waals surface area contributed by atoms with Crippen molar-refractivity contribution in [3.05, 3.63) is 58.3 Å². The maximum atomic E-state index is 12.2. The molecule has 0 saturated heterocycles. The lowest BCUT2D eigenvalue weighted by atomic mass is 9.98. The molecule has 0 bridgehead atoms. The zero-order chi connectivity index (χ0) is 17.6. The van der Waals surface area contributed by atoms with Gasteiger partial charge in [-0.15, -0.1) is 0 Å². The molecule has 1 aromatic carbocycles. The lowest BCUT2D eigenvalue weighted by Crippen LogP contribution is -2.37. The molecule has 1 aromatic rings. The molecule has 2 heterocycles. The summed E-state index contributed by atoms with van der Waals surface area (Å²) in [6.45, 7) is 1.77. The molecule has 0 saturated carbocycles. The molecule has 1 N–H and O–H groups in total. The number of benzene rings is 1. The second-order valence-electron chi connectivity index (χ2n) is 6.07. The van der Waals surface area contributed by atoms with Crippen molar-refractivity contribution in [1.82, 2.24) is 4.90 Å². The van der Waals surface area contributed by atoms with E-state index in [0.717, 1.165) is 31.5 Å². The molecular formula is C18H20N4O3. The van der Waals surface area contributed by atoms with Crippen LogP contribution < -0.4 is 5.32 Å². The number of aliphatic imine (C=N–C) groups is 1. The number of nitrogens with one attached hydrogen (secondary N) is 1. The zero-order valence-electron chi connectivity index (χ0n) is 13.9. The number of hydrogen-bond donors (Lipinski definition) is 1. The highest BCUT2D eigenvalue weighted by Gasteiger charge is 2.18. The third kappa shape index (κ3) is 4.60. The van der Waals surface area contributed by atoms with Gasteiger partial charge in [0.15, 0.2) is 0 Å². The number of amides is 1. The number of carbonyl (C=O) groups excluding carboxylic acids is 1. The summed E-state index contributed by atoms with van der Waals surface area (Å²) in [6.07, 6.45) is 8.97. The largest absolute Gasteiger partial charge is 0.325 e. The first-order valence-corrected chi connectivity index (χ1v) is 8.29. The van der Waals surface area contributed by atoms with E-state index in [-0.39, 0.29) is 18.1 Å². The van der Waals surface area contributed by atoms with E-state index in [1.54, 1.807) is 12.1 Å². The molecule has 0 aliphatic carbocycles. The number of allylic oxidation sites excluding steroid dienone is 1. The van der Waals surface area contributed by atoms with Crippen LogP contribution in [0.2, 0.25) is 0 Å². The average molecular weight is 340 g/mol. The van der Waals surface area contributed by atoms with Gasteiger partial charge in [0, 0.05) is 42.8 Å². The van der Waals surface area contributed by atoms with E-state index < -0.39 is 4.92 Å². The quantitative estimate of drug-likeness (QED) is 0.659. The van der Waals surface area contributed by atoms with Crippen molar-refractivity contribution in [3.63, 3.8) is 0 Å². The lowest BCUT2D eigenvalue weighted by molar-refractivity contribution is -0.384. The number of carbonyl (C=O) groups is 1. The number of nitro groups is 1. The summed E-state index contributed by atoms with van der Waals surface area (Å²) in [5.74, 6) is -0.171. The summed E-state index contributed by atoms with van der Waals surface area (Å²) < 4.78 is 0. The number of non-ortho nitro benzene ring substituents is 1. The van der Waals surface area contributed by atoms with Crippen LogP contribution in [-0.4, -0.2) is 41.1 Å². The molecule has 130 valence electrons. The molecule has 0 radical (unpaired) electrons. The summed E-state index contributed by atoms with van der Waals surface area (Å²) in [7, 11) is 0. The van der Waals surface area contributed by atoms with Gasteiger partial charge in [0.25, 0.3) is 5.69 Å². The second kappa shape index (κ2) is 7.85. The zero-order valence-corrected chi connectivity index (χ0v) is 13.9. The highest BCUT2D eigenvalue weighted by Crippen LogP contribution is 2.19. The average Bonchev–Trinajstić information content (AvgIpc) is 2.63. The maximum Gasteiger partial charge on any atom is 0.271 e. The molecule has 0 aromatic heterocycles. The Hall–Kier alpha value is -2.80. The standard InChI is InChI=1S/C18H20N4O3/c23-18(20-15-4-3-5-16(12-15)22(24)25)13-21-10-7-14(8-11-21)17-6-1-2-9-19-17/h2-5,7,9,12H,1,6,8,10-11,13H2,(H,20,23). The van der Waals surface area contributed by atoms with Crippen LogP contribution in [0.4, 0.5) is 11.4 Å². The van der Waals surface area contributed by atoms with Crippen LogP contribution in [0.25, 0.3) is 0 Å². The number of anilines is 1. The minimum atomic E-state index is -0.476. The lowest BCUT2D eigenvalue weighted by Gasteiger charge is -2.26. The minimum Gasteiger partial charge on any atom is -0.325 e. The van der Waals surface area contributed by atoms with Crippen LogP contribution in [0, 0.1) is 10.1 Å². The van der Waals surface area contributed by atoms with Crippen molar-refractivity contribution in [2.45, 2.75) is 19.3 Å². The fraction of sp³-hybridized carbons (Fsp3) is 0.333. The number of hydrogen-bond acceptors (Lipinski definition) is 5. The van der Waals surface area contributed by atoms with Crippen molar-refractivity contribution in [1.29, 1.82) is 0 Å². The number of rotatable bonds is 5. The predicted molar refractivity (Wildman–Crippen MR) is 96.7 cm³/mol. The SMILES string of the molecule is O=C(CN1CC=C(C2=NC=CCC2)CC1)Nc1cccc([N+](=O)[O-])c1. The van der Waals surface area contributed by atoms with Crippen LogP contribution in [-0.2, 0) is 4.79 Å². The van der Waals surface area contributed by atoms with Gasteiger partial charge >= 0.3 is 0 Å². The van der Waals surface area contributed by atoms with Gasteiger partial charge < -0.3 is 5.32 Å².